The summed E-state index contributed by atoms with van der Waals surface area (Å²) in [5.74, 6) is -0.992. The summed E-state index contributed by atoms with van der Waals surface area (Å²) in [4.78, 5) is 24.2. The molecule has 0 saturated heterocycles. The summed E-state index contributed by atoms with van der Waals surface area (Å²) < 4.78 is 22.0. The van der Waals surface area contributed by atoms with E-state index in [4.69, 9.17) is 29.2 Å². The molecule has 0 amide bonds. The van der Waals surface area contributed by atoms with Crippen LogP contribution in [0.1, 0.15) is 66.2 Å². The summed E-state index contributed by atoms with van der Waals surface area (Å²) >= 11 is 0. The van der Waals surface area contributed by atoms with E-state index < -0.39 is 23.1 Å². The van der Waals surface area contributed by atoms with Crippen LogP contribution in [0, 0.1) is 0 Å². The van der Waals surface area contributed by atoms with Gasteiger partial charge < -0.3 is 29.2 Å². The second-order valence-electron chi connectivity index (χ2n) is 8.08. The molecule has 164 valence electrons. The largest absolute Gasteiger partial charge is 0.461 e. The van der Waals surface area contributed by atoms with Crippen molar-refractivity contribution in [2.75, 3.05) is 26.4 Å². The lowest BCUT2D eigenvalue weighted by Gasteiger charge is -2.34. The molecule has 0 radical (unpaired) electrons. The number of hydrogen-bond acceptors (Lipinski definition) is 8. The van der Waals surface area contributed by atoms with E-state index in [0.717, 1.165) is 25.7 Å². The van der Waals surface area contributed by atoms with E-state index in [0.29, 0.717) is 12.8 Å². The van der Waals surface area contributed by atoms with Crippen molar-refractivity contribution in [2.24, 2.45) is 0 Å². The molecule has 1 aliphatic carbocycles. The van der Waals surface area contributed by atoms with Gasteiger partial charge in [-0.15, -0.1) is 0 Å². The minimum atomic E-state index is -1.09. The molecular weight excluding hydrogens is 368 g/mol. The van der Waals surface area contributed by atoms with Gasteiger partial charge in [-0.05, 0) is 53.4 Å². The van der Waals surface area contributed by atoms with Crippen LogP contribution in [-0.4, -0.2) is 72.0 Å². The maximum atomic E-state index is 12.1. The summed E-state index contributed by atoms with van der Waals surface area (Å²) in [7, 11) is 0. The second kappa shape index (κ2) is 11.7. The van der Waals surface area contributed by atoms with Crippen molar-refractivity contribution < 1.29 is 38.7 Å². The van der Waals surface area contributed by atoms with Crippen LogP contribution in [0.3, 0.4) is 0 Å². The van der Waals surface area contributed by atoms with Crippen molar-refractivity contribution in [2.45, 2.75) is 89.6 Å². The van der Waals surface area contributed by atoms with Gasteiger partial charge in [0.1, 0.15) is 13.2 Å². The number of carbonyl (C=O) groups excluding carboxylic acids is 2. The highest BCUT2D eigenvalue weighted by Crippen LogP contribution is 2.28. The second-order valence-corrected chi connectivity index (χ2v) is 8.08. The maximum absolute atomic E-state index is 12.1. The van der Waals surface area contributed by atoms with Crippen LogP contribution in [0.4, 0.5) is 0 Å². The van der Waals surface area contributed by atoms with E-state index in [9.17, 15) is 9.59 Å². The molecule has 0 aromatic heterocycles. The molecule has 0 heterocycles. The average Bonchev–Trinajstić information content (AvgIpc) is 2.62. The first-order valence-electron chi connectivity index (χ1n) is 10.0. The molecule has 0 aromatic rings. The smallest absolute Gasteiger partial charge is 0.337 e. The Hall–Kier alpha value is -1.22. The Bertz CT molecular complexity index is 445. The van der Waals surface area contributed by atoms with Crippen LogP contribution in [-0.2, 0) is 28.5 Å². The van der Waals surface area contributed by atoms with E-state index in [1.807, 2.05) is 0 Å². The summed E-state index contributed by atoms with van der Waals surface area (Å²) in [5, 5.41) is 17.6. The third-order valence-corrected chi connectivity index (χ3v) is 4.67. The van der Waals surface area contributed by atoms with E-state index in [2.05, 4.69) is 0 Å². The molecule has 1 fully saturated rings. The van der Waals surface area contributed by atoms with Crippen LogP contribution >= 0.6 is 0 Å². The number of rotatable bonds is 10. The predicted octanol–water partition coefficient (Wildman–Crippen LogP) is 1.74. The number of aliphatic hydroxyl groups excluding tert-OH is 2. The SMILES string of the molecule is CC(C)(OC1CCCCC(OC(C)(C)C(=O)OCCO)CC1)C(=O)OCCO. The topological polar surface area (TPSA) is 112 Å². The van der Waals surface area contributed by atoms with Gasteiger partial charge in [-0.2, -0.15) is 0 Å². The number of ether oxygens (including phenoxy) is 4. The highest BCUT2D eigenvalue weighted by Gasteiger charge is 2.36. The molecule has 28 heavy (non-hydrogen) atoms. The minimum absolute atomic E-state index is 0.0479. The van der Waals surface area contributed by atoms with Crippen molar-refractivity contribution >= 4 is 11.9 Å². The van der Waals surface area contributed by atoms with E-state index >= 15 is 0 Å². The lowest BCUT2D eigenvalue weighted by atomic mass is 9.95. The van der Waals surface area contributed by atoms with Gasteiger partial charge in [-0.25, -0.2) is 9.59 Å². The van der Waals surface area contributed by atoms with Gasteiger partial charge in [0.25, 0.3) is 0 Å². The first-order chi connectivity index (χ1) is 13.1. The number of esters is 2. The quantitative estimate of drug-likeness (QED) is 0.530. The highest BCUT2D eigenvalue weighted by molar-refractivity contribution is 5.79. The molecule has 1 rings (SSSR count). The molecule has 0 spiro atoms. The third-order valence-electron chi connectivity index (χ3n) is 4.67. The van der Waals surface area contributed by atoms with E-state index in [1.54, 1.807) is 27.7 Å². The summed E-state index contributed by atoms with van der Waals surface area (Å²) in [6.45, 7) is 6.13. The van der Waals surface area contributed by atoms with Gasteiger partial charge in [0.2, 0.25) is 0 Å². The maximum Gasteiger partial charge on any atom is 0.337 e. The Morgan fingerprint density at radius 1 is 0.750 bits per heavy atom. The van der Waals surface area contributed by atoms with Crippen LogP contribution in [0.15, 0.2) is 0 Å². The zero-order valence-electron chi connectivity index (χ0n) is 17.6. The fourth-order valence-electron chi connectivity index (χ4n) is 3.19. The highest BCUT2D eigenvalue weighted by atomic mass is 16.6. The Morgan fingerprint density at radius 3 is 1.43 bits per heavy atom. The Balaban J connectivity index is 2.60. The number of hydrogen-bond donors (Lipinski definition) is 2. The summed E-state index contributed by atoms with van der Waals surface area (Å²) in [6, 6.07) is 0. The molecule has 2 unspecified atom stereocenters. The average molecular weight is 405 g/mol. The predicted molar refractivity (Wildman–Crippen MR) is 102 cm³/mol. The number of aliphatic hydroxyl groups is 2. The van der Waals surface area contributed by atoms with Gasteiger partial charge in [-0.3, -0.25) is 0 Å². The van der Waals surface area contributed by atoms with Crippen molar-refractivity contribution in [1.82, 2.24) is 0 Å². The normalized spacial score (nSPS) is 21.5. The molecule has 8 nitrogen and oxygen atoms in total. The molecular formula is C20H36O8. The van der Waals surface area contributed by atoms with Crippen LogP contribution in [0.2, 0.25) is 0 Å². The van der Waals surface area contributed by atoms with Crippen molar-refractivity contribution in [3.8, 4) is 0 Å². The minimum Gasteiger partial charge on any atom is -0.461 e. The third kappa shape index (κ3) is 8.43. The fourth-order valence-corrected chi connectivity index (χ4v) is 3.19. The molecule has 8 heteroatoms. The van der Waals surface area contributed by atoms with E-state index in [1.165, 1.54) is 0 Å². The monoisotopic (exact) mass is 404 g/mol. The molecule has 0 aliphatic heterocycles. The lowest BCUT2D eigenvalue weighted by Crippen LogP contribution is -2.42. The van der Waals surface area contributed by atoms with Crippen LogP contribution < -0.4 is 0 Å². The van der Waals surface area contributed by atoms with Gasteiger partial charge in [-0.1, -0.05) is 12.8 Å². The van der Waals surface area contributed by atoms with Crippen molar-refractivity contribution in [3.63, 3.8) is 0 Å². The summed E-state index contributed by atoms with van der Waals surface area (Å²) in [6.07, 6.45) is 4.70. The fraction of sp³-hybridized carbons (Fsp3) is 0.900. The van der Waals surface area contributed by atoms with E-state index in [-0.39, 0.29) is 38.6 Å². The van der Waals surface area contributed by atoms with Gasteiger partial charge in [0.15, 0.2) is 11.2 Å². The van der Waals surface area contributed by atoms with Gasteiger partial charge in [0, 0.05) is 0 Å². The van der Waals surface area contributed by atoms with Crippen molar-refractivity contribution in [3.05, 3.63) is 0 Å². The zero-order valence-corrected chi connectivity index (χ0v) is 17.6. The number of carbonyl (C=O) groups is 2. The molecule has 0 bridgehead atoms. The zero-order chi connectivity index (χ0) is 21.2. The molecule has 2 atom stereocenters. The Morgan fingerprint density at radius 2 is 1.11 bits per heavy atom. The molecule has 0 aromatic carbocycles. The molecule has 1 aliphatic rings. The van der Waals surface area contributed by atoms with Gasteiger partial charge >= 0.3 is 11.9 Å². The lowest BCUT2D eigenvalue weighted by molar-refractivity contribution is -0.182. The van der Waals surface area contributed by atoms with Crippen LogP contribution in [0.5, 0.6) is 0 Å². The first kappa shape index (κ1) is 24.8. The Labute approximate surface area is 167 Å². The molecule has 1 saturated carbocycles. The first-order valence-corrected chi connectivity index (χ1v) is 10.0. The van der Waals surface area contributed by atoms with Crippen LogP contribution in [0.25, 0.3) is 0 Å². The van der Waals surface area contributed by atoms with Gasteiger partial charge in [0.05, 0.1) is 25.4 Å². The summed E-state index contributed by atoms with van der Waals surface area (Å²) in [5.41, 5.74) is -2.19. The van der Waals surface area contributed by atoms with Crippen molar-refractivity contribution in [1.29, 1.82) is 0 Å². The standard InChI is InChI=1S/C20H36O8/c1-19(2,17(23)25-13-11-21)27-15-7-5-6-8-16(10-9-15)28-20(3,4)18(24)26-14-12-22/h15-16,21-22H,5-14H2,1-4H3. The molecule has 2 N–H and O–H groups in total. The Kier molecular flexibility index (Phi) is 10.4.